The predicted molar refractivity (Wildman–Crippen MR) is 107 cm³/mol. The summed E-state index contributed by atoms with van der Waals surface area (Å²) in [5.41, 5.74) is 3.89. The minimum absolute atomic E-state index is 0.0543. The molecule has 2 aromatic heterocycles. The molecule has 0 fully saturated rings. The van der Waals surface area contributed by atoms with Gasteiger partial charge in [-0.3, -0.25) is 14.8 Å². The highest BCUT2D eigenvalue weighted by Crippen LogP contribution is 2.22. The number of nitrogens with zero attached hydrogens (tertiary/aromatic N) is 4. The second-order valence-electron chi connectivity index (χ2n) is 6.63. The summed E-state index contributed by atoms with van der Waals surface area (Å²) in [4.78, 5) is 17.3. The van der Waals surface area contributed by atoms with Gasteiger partial charge in [0.15, 0.2) is 0 Å². The van der Waals surface area contributed by atoms with Crippen LogP contribution in [0.2, 0.25) is 0 Å². The van der Waals surface area contributed by atoms with Crippen molar-refractivity contribution in [2.75, 3.05) is 5.32 Å². The average Bonchev–Trinajstić information content (AvgIpc) is 3.08. The minimum atomic E-state index is -0.227. The van der Waals surface area contributed by atoms with Gasteiger partial charge < -0.3 is 4.57 Å². The summed E-state index contributed by atoms with van der Waals surface area (Å²) in [7, 11) is 0. The fraction of sp³-hybridized carbons (Fsp3) is 0.421. The normalized spacial score (nSPS) is 12.5. The molecule has 0 saturated carbocycles. The van der Waals surface area contributed by atoms with Crippen LogP contribution in [0.25, 0.3) is 11.0 Å². The van der Waals surface area contributed by atoms with Gasteiger partial charge in [-0.05, 0) is 48.3 Å². The van der Waals surface area contributed by atoms with Gasteiger partial charge in [-0.15, -0.1) is 0 Å². The summed E-state index contributed by atoms with van der Waals surface area (Å²) in [5, 5.41) is 7.50. The molecule has 7 heteroatoms. The maximum Gasteiger partial charge on any atom is 0.231 e. The van der Waals surface area contributed by atoms with Crippen molar-refractivity contribution >= 4 is 38.8 Å². The number of carbonyl (C=O) groups is 1. The summed E-state index contributed by atoms with van der Waals surface area (Å²) in [5.74, 6) is 0.329. The van der Waals surface area contributed by atoms with E-state index in [-0.39, 0.29) is 11.8 Å². The number of para-hydroxylation sites is 2. The lowest BCUT2D eigenvalue weighted by molar-refractivity contribution is -0.119. The van der Waals surface area contributed by atoms with Crippen LogP contribution in [-0.4, -0.2) is 25.2 Å². The molecule has 0 aliphatic heterocycles. The van der Waals surface area contributed by atoms with E-state index >= 15 is 0 Å². The smallest absolute Gasteiger partial charge is 0.231 e. The molecule has 1 N–H and O–H groups in total. The van der Waals surface area contributed by atoms with Crippen molar-refractivity contribution in [2.24, 2.45) is 5.92 Å². The van der Waals surface area contributed by atoms with Crippen LogP contribution in [0.4, 0.5) is 5.95 Å². The molecule has 138 valence electrons. The molecule has 26 heavy (non-hydrogen) atoms. The molecule has 3 rings (SSSR count). The SMILES string of the molecule is CCCn1c(NC(=O)[C@@H](C)Cn2nc(C)c(Br)c2C)nc2ccccc21. The molecule has 1 atom stereocenters. The molecule has 2 heterocycles. The molecule has 1 aromatic carbocycles. The fourth-order valence-corrected chi connectivity index (χ4v) is 3.33. The Kier molecular flexibility index (Phi) is 5.46. The third-order valence-electron chi connectivity index (χ3n) is 4.52. The molecule has 6 nitrogen and oxygen atoms in total. The van der Waals surface area contributed by atoms with E-state index in [9.17, 15) is 4.79 Å². The standard InChI is InChI=1S/C19H24BrN5O/c1-5-10-24-16-9-7-6-8-15(16)21-19(24)22-18(26)12(2)11-25-14(4)17(20)13(3)23-25/h6-9,12H,5,10-11H2,1-4H3,(H,21,22,26)/t12-/m0/s1. The van der Waals surface area contributed by atoms with Crippen molar-refractivity contribution in [1.82, 2.24) is 19.3 Å². The first-order valence-electron chi connectivity index (χ1n) is 8.88. The van der Waals surface area contributed by atoms with Crippen molar-refractivity contribution in [3.8, 4) is 0 Å². The average molecular weight is 418 g/mol. The lowest BCUT2D eigenvalue weighted by Crippen LogP contribution is -2.26. The summed E-state index contributed by atoms with van der Waals surface area (Å²) in [6, 6.07) is 7.95. The van der Waals surface area contributed by atoms with Gasteiger partial charge in [0, 0.05) is 12.2 Å². The van der Waals surface area contributed by atoms with Crippen LogP contribution in [-0.2, 0) is 17.9 Å². The van der Waals surface area contributed by atoms with E-state index in [0.29, 0.717) is 12.5 Å². The monoisotopic (exact) mass is 417 g/mol. The Labute approximate surface area is 161 Å². The first-order chi connectivity index (χ1) is 12.4. The summed E-state index contributed by atoms with van der Waals surface area (Å²) in [6.07, 6.45) is 0.971. The molecular weight excluding hydrogens is 394 g/mol. The minimum Gasteiger partial charge on any atom is -0.310 e. The van der Waals surface area contributed by atoms with Gasteiger partial charge in [-0.1, -0.05) is 26.0 Å². The van der Waals surface area contributed by atoms with Gasteiger partial charge in [0.25, 0.3) is 0 Å². The number of hydrogen-bond donors (Lipinski definition) is 1. The lowest BCUT2D eigenvalue weighted by atomic mass is 10.1. The second-order valence-corrected chi connectivity index (χ2v) is 7.43. The topological polar surface area (TPSA) is 64.7 Å². The number of aryl methyl sites for hydroxylation is 2. The molecule has 0 aliphatic rings. The molecule has 0 saturated heterocycles. The molecule has 1 amide bonds. The quantitative estimate of drug-likeness (QED) is 0.649. The van der Waals surface area contributed by atoms with Crippen molar-refractivity contribution in [3.63, 3.8) is 0 Å². The molecule has 0 spiro atoms. The number of nitrogens with one attached hydrogen (secondary N) is 1. The zero-order chi connectivity index (χ0) is 18.8. The van der Waals surface area contributed by atoms with E-state index < -0.39 is 0 Å². The number of benzene rings is 1. The molecule has 0 unspecified atom stereocenters. The van der Waals surface area contributed by atoms with Crippen molar-refractivity contribution in [1.29, 1.82) is 0 Å². The molecular formula is C19H24BrN5O. The van der Waals surface area contributed by atoms with E-state index in [0.717, 1.165) is 39.9 Å². The van der Waals surface area contributed by atoms with E-state index in [1.54, 1.807) is 0 Å². The molecule has 3 aromatic rings. The number of hydrogen-bond acceptors (Lipinski definition) is 3. The molecule has 0 bridgehead atoms. The van der Waals surface area contributed by atoms with Crippen LogP contribution in [0.15, 0.2) is 28.7 Å². The number of halogens is 1. The first-order valence-corrected chi connectivity index (χ1v) is 9.67. The van der Waals surface area contributed by atoms with Crippen LogP contribution >= 0.6 is 15.9 Å². The summed E-state index contributed by atoms with van der Waals surface area (Å²) >= 11 is 3.53. The number of carbonyl (C=O) groups excluding carboxylic acids is 1. The highest BCUT2D eigenvalue weighted by molar-refractivity contribution is 9.10. The number of anilines is 1. The number of amides is 1. The Balaban J connectivity index is 1.79. The maximum absolute atomic E-state index is 12.7. The molecule has 0 aliphatic carbocycles. The summed E-state index contributed by atoms with van der Waals surface area (Å²) < 4.78 is 4.94. The van der Waals surface area contributed by atoms with Crippen molar-refractivity contribution in [3.05, 3.63) is 40.1 Å². The maximum atomic E-state index is 12.7. The zero-order valence-corrected chi connectivity index (χ0v) is 17.2. The van der Waals surface area contributed by atoms with Gasteiger partial charge in [0.2, 0.25) is 11.9 Å². The Hall–Kier alpha value is -2.15. The first kappa shape index (κ1) is 18.6. The molecule has 0 radical (unpaired) electrons. The van der Waals surface area contributed by atoms with E-state index in [4.69, 9.17) is 0 Å². The van der Waals surface area contributed by atoms with Gasteiger partial charge in [0.05, 0.1) is 33.7 Å². The Morgan fingerprint density at radius 3 is 2.69 bits per heavy atom. The summed E-state index contributed by atoms with van der Waals surface area (Å²) in [6.45, 7) is 9.31. The Morgan fingerprint density at radius 1 is 1.31 bits per heavy atom. The fourth-order valence-electron chi connectivity index (χ4n) is 3.05. The van der Waals surface area contributed by atoms with E-state index in [1.165, 1.54) is 0 Å². The predicted octanol–water partition coefficient (Wildman–Crippen LogP) is 4.30. The number of aromatic nitrogens is 4. The Bertz CT molecular complexity index is 943. The third kappa shape index (κ3) is 3.53. The van der Waals surface area contributed by atoms with Gasteiger partial charge in [0.1, 0.15) is 0 Å². The largest absolute Gasteiger partial charge is 0.310 e. The van der Waals surface area contributed by atoms with Crippen LogP contribution in [0.5, 0.6) is 0 Å². The third-order valence-corrected chi connectivity index (χ3v) is 5.67. The van der Waals surface area contributed by atoms with Crippen LogP contribution in [0.1, 0.15) is 31.7 Å². The second kappa shape index (κ2) is 7.61. The number of imidazole rings is 1. The van der Waals surface area contributed by atoms with Crippen LogP contribution in [0, 0.1) is 19.8 Å². The zero-order valence-electron chi connectivity index (χ0n) is 15.6. The van der Waals surface area contributed by atoms with Crippen LogP contribution < -0.4 is 5.32 Å². The van der Waals surface area contributed by atoms with Crippen LogP contribution in [0.3, 0.4) is 0 Å². The van der Waals surface area contributed by atoms with Gasteiger partial charge in [-0.2, -0.15) is 5.10 Å². The Morgan fingerprint density at radius 2 is 2.04 bits per heavy atom. The van der Waals surface area contributed by atoms with E-state index in [2.05, 4.69) is 42.8 Å². The number of fused-ring (bicyclic) bond motifs is 1. The van der Waals surface area contributed by atoms with Gasteiger partial charge >= 0.3 is 0 Å². The lowest BCUT2D eigenvalue weighted by Gasteiger charge is -2.14. The van der Waals surface area contributed by atoms with Crippen molar-refractivity contribution < 1.29 is 4.79 Å². The van der Waals surface area contributed by atoms with E-state index in [1.807, 2.05) is 49.7 Å². The highest BCUT2D eigenvalue weighted by Gasteiger charge is 2.20. The highest BCUT2D eigenvalue weighted by atomic mass is 79.9. The van der Waals surface area contributed by atoms with Crippen molar-refractivity contribution in [2.45, 2.75) is 47.2 Å². The number of rotatable bonds is 6. The van der Waals surface area contributed by atoms with Gasteiger partial charge in [-0.25, -0.2) is 4.98 Å².